The molecule has 1 saturated carbocycles. The molecule has 0 unspecified atom stereocenters. The second-order valence-electron chi connectivity index (χ2n) is 3.27. The molecule has 0 spiro atoms. The zero-order valence-corrected chi connectivity index (χ0v) is 10.8. The van der Waals surface area contributed by atoms with Crippen molar-refractivity contribution in [3.05, 3.63) is 0 Å². The summed E-state index contributed by atoms with van der Waals surface area (Å²) >= 11 is 0. The van der Waals surface area contributed by atoms with Crippen molar-refractivity contribution in [3.63, 3.8) is 0 Å². The molecule has 1 fully saturated rings. The first kappa shape index (κ1) is 18.7. The highest BCUT2D eigenvalue weighted by Gasteiger charge is 1.95. The number of rotatable bonds is 1. The van der Waals surface area contributed by atoms with Gasteiger partial charge in [0.05, 0.1) is 0 Å². The van der Waals surface area contributed by atoms with Crippen molar-refractivity contribution < 1.29 is 4.74 Å². The van der Waals surface area contributed by atoms with Crippen LogP contribution in [0.3, 0.4) is 0 Å². The molecule has 0 radical (unpaired) electrons. The third-order valence-corrected chi connectivity index (χ3v) is 1.17. The first-order valence-electron chi connectivity index (χ1n) is 5.59. The van der Waals surface area contributed by atoms with E-state index in [4.69, 9.17) is 0 Å². The van der Waals surface area contributed by atoms with Gasteiger partial charge in [-0.05, 0) is 5.92 Å². The molecule has 1 nitrogen and oxygen atoms in total. The molecule has 1 rings (SSSR count). The second-order valence-corrected chi connectivity index (χ2v) is 3.27. The summed E-state index contributed by atoms with van der Waals surface area (Å²) in [4.78, 5) is 0. The van der Waals surface area contributed by atoms with Gasteiger partial charge in [0.2, 0.25) is 0 Å². The predicted octanol–water partition coefficient (Wildman–Crippen LogP) is 4.51. The summed E-state index contributed by atoms with van der Waals surface area (Å²) < 4.78 is 4.25. The number of hydrogen-bond donors (Lipinski definition) is 0. The molecule has 84 valence electrons. The molecule has 0 aromatic rings. The first-order chi connectivity index (χ1) is 6.18. The predicted molar refractivity (Wildman–Crippen MR) is 63.3 cm³/mol. The van der Waals surface area contributed by atoms with Crippen LogP contribution in [0.4, 0.5) is 0 Å². The van der Waals surface area contributed by atoms with Gasteiger partial charge in [-0.1, -0.05) is 60.3 Å². The summed E-state index contributed by atoms with van der Waals surface area (Å²) in [6.07, 6.45) is 5.81. The van der Waals surface area contributed by atoms with E-state index < -0.39 is 0 Å². The monoisotopic (exact) mass is 190 g/mol. The van der Waals surface area contributed by atoms with E-state index in [0.29, 0.717) is 0 Å². The van der Waals surface area contributed by atoms with E-state index in [9.17, 15) is 0 Å². The highest BCUT2D eigenvalue weighted by atomic mass is 16.4. The normalized spacial score (nSPS) is 11.1. The smallest absolute Gasteiger partial charge is 0.0351 e. The molecule has 0 atom stereocenters. The van der Waals surface area contributed by atoms with Gasteiger partial charge in [0, 0.05) is 14.2 Å². The minimum Gasteiger partial charge on any atom is -0.388 e. The molecule has 0 bridgehead atoms. The highest BCUT2D eigenvalue weighted by molar-refractivity contribution is 4.50. The first-order valence-corrected chi connectivity index (χ1v) is 5.59. The highest BCUT2D eigenvalue weighted by Crippen LogP contribution is 2.14. The Bertz CT molecular complexity index is 46.3. The van der Waals surface area contributed by atoms with Crippen LogP contribution in [-0.4, -0.2) is 14.2 Å². The van der Waals surface area contributed by atoms with E-state index in [2.05, 4.69) is 25.5 Å². The van der Waals surface area contributed by atoms with Crippen molar-refractivity contribution in [2.24, 2.45) is 5.92 Å². The summed E-state index contributed by atoms with van der Waals surface area (Å²) in [5.74, 6) is 0.884. The summed E-state index contributed by atoms with van der Waals surface area (Å²) in [5.41, 5.74) is 0. The average Bonchev–Trinajstić information content (AvgIpc) is 2.95. The minimum atomic E-state index is 0.884. The van der Waals surface area contributed by atoms with Gasteiger partial charge in [0.25, 0.3) is 0 Å². The number of methoxy groups -OCH3 is 1. The summed E-state index contributed by atoms with van der Waals surface area (Å²) in [7, 11) is 3.25. The van der Waals surface area contributed by atoms with Crippen LogP contribution in [0.25, 0.3) is 0 Å². The zero-order valence-electron chi connectivity index (χ0n) is 10.8. The lowest BCUT2D eigenvalue weighted by Gasteiger charge is -1.90. The van der Waals surface area contributed by atoms with Gasteiger partial charge < -0.3 is 4.74 Å². The van der Waals surface area contributed by atoms with E-state index in [-0.39, 0.29) is 0 Å². The van der Waals surface area contributed by atoms with Gasteiger partial charge >= 0.3 is 0 Å². The fourth-order valence-corrected chi connectivity index (χ4v) is 0. The van der Waals surface area contributed by atoms with Crippen molar-refractivity contribution in [2.75, 3.05) is 14.2 Å². The second kappa shape index (κ2) is 22.7. The van der Waals surface area contributed by atoms with Crippen molar-refractivity contribution in [1.82, 2.24) is 0 Å². The largest absolute Gasteiger partial charge is 0.388 e. The third-order valence-electron chi connectivity index (χ3n) is 1.17. The maximum atomic E-state index is 4.25. The van der Waals surface area contributed by atoms with Crippen LogP contribution < -0.4 is 0 Å². The van der Waals surface area contributed by atoms with E-state index in [1.165, 1.54) is 25.7 Å². The fourth-order valence-electron chi connectivity index (χ4n) is 0. The maximum Gasteiger partial charge on any atom is 0.0351 e. The number of hydrogen-bond acceptors (Lipinski definition) is 1. The fraction of sp³-hybridized carbons (Fsp3) is 1.00. The lowest BCUT2D eigenvalue weighted by Crippen LogP contribution is -1.77. The van der Waals surface area contributed by atoms with Crippen LogP contribution in [0.1, 0.15) is 60.3 Å². The van der Waals surface area contributed by atoms with Crippen LogP contribution in [-0.2, 0) is 4.74 Å². The molecule has 0 aromatic carbocycles. The number of ether oxygens (including phenoxy) is 1. The average molecular weight is 190 g/mol. The standard InChI is InChI=1S/C5H12.C3H6.C2H6O.C2H6/c1-4-5(2)3;1-2-3-1;1-3-2;1-2/h5H,4H2,1-3H3;1-3H2;1-2H3;1-2H3. The van der Waals surface area contributed by atoms with E-state index in [0.717, 1.165) is 5.92 Å². The quantitative estimate of drug-likeness (QED) is 0.591. The van der Waals surface area contributed by atoms with Crippen molar-refractivity contribution in [1.29, 1.82) is 0 Å². The third kappa shape index (κ3) is 135. The van der Waals surface area contributed by atoms with Gasteiger partial charge in [-0.2, -0.15) is 0 Å². The molecule has 13 heavy (non-hydrogen) atoms. The Morgan fingerprint density at radius 2 is 1.15 bits per heavy atom. The Morgan fingerprint density at radius 1 is 1.00 bits per heavy atom. The van der Waals surface area contributed by atoms with Crippen LogP contribution in [0.15, 0.2) is 0 Å². The van der Waals surface area contributed by atoms with E-state index in [1.807, 2.05) is 13.8 Å². The lowest BCUT2D eigenvalue weighted by atomic mass is 10.2. The minimum absolute atomic E-state index is 0.884. The molecule has 1 heteroatoms. The maximum absolute atomic E-state index is 4.25. The Hall–Kier alpha value is -0.0400. The lowest BCUT2D eigenvalue weighted by molar-refractivity contribution is 0.277. The topological polar surface area (TPSA) is 9.23 Å². The molecule has 0 heterocycles. The summed E-state index contributed by atoms with van der Waals surface area (Å²) in [5, 5.41) is 0. The van der Waals surface area contributed by atoms with Crippen molar-refractivity contribution in [3.8, 4) is 0 Å². The van der Waals surface area contributed by atoms with Gasteiger partial charge in [0.15, 0.2) is 0 Å². The van der Waals surface area contributed by atoms with E-state index >= 15 is 0 Å². The molecule has 0 amide bonds. The Kier molecular flexibility index (Phi) is 32.6. The molecular weight excluding hydrogens is 160 g/mol. The van der Waals surface area contributed by atoms with Crippen molar-refractivity contribution >= 4 is 0 Å². The molecule has 0 N–H and O–H groups in total. The molecule has 0 saturated heterocycles. The van der Waals surface area contributed by atoms with Crippen LogP contribution in [0.2, 0.25) is 0 Å². The summed E-state index contributed by atoms with van der Waals surface area (Å²) in [6, 6.07) is 0. The molecule has 0 aromatic heterocycles. The van der Waals surface area contributed by atoms with Gasteiger partial charge in [-0.3, -0.25) is 0 Å². The SMILES string of the molecule is C1CC1.CC.CCC(C)C.COC. The van der Waals surface area contributed by atoms with Crippen LogP contribution >= 0.6 is 0 Å². The Morgan fingerprint density at radius 3 is 1.15 bits per heavy atom. The summed E-state index contributed by atoms with van der Waals surface area (Å²) in [6.45, 7) is 10.6. The van der Waals surface area contributed by atoms with Crippen molar-refractivity contribution in [2.45, 2.75) is 60.3 Å². The molecule has 1 aliphatic carbocycles. The van der Waals surface area contributed by atoms with E-state index in [1.54, 1.807) is 14.2 Å². The van der Waals surface area contributed by atoms with Crippen LogP contribution in [0, 0.1) is 5.92 Å². The Balaban J connectivity index is -0.000000109. The van der Waals surface area contributed by atoms with Gasteiger partial charge in [-0.15, -0.1) is 0 Å². The van der Waals surface area contributed by atoms with Crippen LogP contribution in [0.5, 0.6) is 0 Å². The molecule has 1 aliphatic rings. The molecular formula is C12H30O. The zero-order chi connectivity index (χ0) is 11.1. The van der Waals surface area contributed by atoms with Gasteiger partial charge in [-0.25, -0.2) is 0 Å². The molecule has 0 aliphatic heterocycles. The van der Waals surface area contributed by atoms with Gasteiger partial charge in [0.1, 0.15) is 0 Å². The Labute approximate surface area is 85.9 Å².